The molecule has 0 aliphatic carbocycles. The number of aromatic nitrogens is 1. The molecule has 1 fully saturated rings. The quantitative estimate of drug-likeness (QED) is 0.427. The van der Waals surface area contributed by atoms with Crippen molar-refractivity contribution in [3.63, 3.8) is 0 Å². The Bertz CT molecular complexity index is 946. The van der Waals surface area contributed by atoms with E-state index in [0.717, 1.165) is 42.8 Å². The summed E-state index contributed by atoms with van der Waals surface area (Å²) in [5.74, 6) is 0.505. The largest absolute Gasteiger partial charge is 0.353 e. The van der Waals surface area contributed by atoms with Crippen molar-refractivity contribution in [2.45, 2.75) is 26.3 Å². The molecule has 0 radical (unpaired) electrons. The molecule has 10 heteroatoms. The Morgan fingerprint density at radius 3 is 2.62 bits per heavy atom. The predicted octanol–water partition coefficient (Wildman–Crippen LogP) is 2.08. The van der Waals surface area contributed by atoms with Crippen LogP contribution < -0.4 is 26.2 Å². The first-order valence-electron chi connectivity index (χ1n) is 10.7. The van der Waals surface area contributed by atoms with Gasteiger partial charge in [-0.05, 0) is 36.6 Å². The number of benzene rings is 1. The lowest BCUT2D eigenvalue weighted by molar-refractivity contribution is -0.123. The number of carbonyl (C=O) groups excluding carboxylic acids is 2. The first-order valence-corrected chi connectivity index (χ1v) is 11.6. The Morgan fingerprint density at radius 2 is 1.97 bits per heavy atom. The van der Waals surface area contributed by atoms with Crippen LogP contribution in [0.25, 0.3) is 0 Å². The Hall–Kier alpha value is -3.16. The van der Waals surface area contributed by atoms with E-state index in [0.29, 0.717) is 12.0 Å². The SMILES string of the molecule is CC(C)C[C@H](NC(=O)c1ccc(Nc2nc(N3CCNCC3)cs2)cc1)C(=O)NCC#N. The van der Waals surface area contributed by atoms with Crippen molar-refractivity contribution >= 4 is 39.8 Å². The molecule has 9 nitrogen and oxygen atoms in total. The smallest absolute Gasteiger partial charge is 0.251 e. The van der Waals surface area contributed by atoms with Crippen molar-refractivity contribution in [3.8, 4) is 6.07 Å². The maximum absolute atomic E-state index is 12.7. The number of thiazole rings is 1. The fourth-order valence-electron chi connectivity index (χ4n) is 3.38. The number of piperazine rings is 1. The topological polar surface area (TPSA) is 122 Å². The van der Waals surface area contributed by atoms with Gasteiger partial charge in [0, 0.05) is 42.8 Å². The van der Waals surface area contributed by atoms with Crippen molar-refractivity contribution in [2.75, 3.05) is 42.9 Å². The second-order valence-corrected chi connectivity index (χ2v) is 8.84. The van der Waals surface area contributed by atoms with Gasteiger partial charge in [0.05, 0.1) is 6.07 Å². The summed E-state index contributed by atoms with van der Waals surface area (Å²) < 4.78 is 0. The van der Waals surface area contributed by atoms with E-state index in [1.54, 1.807) is 23.5 Å². The van der Waals surface area contributed by atoms with Gasteiger partial charge in [0.25, 0.3) is 5.91 Å². The molecule has 1 aliphatic heterocycles. The first kappa shape index (κ1) is 23.5. The van der Waals surface area contributed by atoms with Crippen LogP contribution in [-0.2, 0) is 4.79 Å². The molecule has 2 heterocycles. The van der Waals surface area contributed by atoms with Gasteiger partial charge < -0.3 is 26.2 Å². The fourth-order valence-corrected chi connectivity index (χ4v) is 4.13. The molecule has 4 N–H and O–H groups in total. The van der Waals surface area contributed by atoms with Crippen molar-refractivity contribution < 1.29 is 9.59 Å². The van der Waals surface area contributed by atoms with Crippen molar-refractivity contribution in [1.29, 1.82) is 5.26 Å². The second-order valence-electron chi connectivity index (χ2n) is 7.98. The lowest BCUT2D eigenvalue weighted by Gasteiger charge is -2.27. The molecule has 2 aromatic rings. The van der Waals surface area contributed by atoms with Crippen LogP contribution in [0.1, 0.15) is 30.6 Å². The van der Waals surface area contributed by atoms with Gasteiger partial charge in [-0.1, -0.05) is 13.8 Å². The number of hydrogen-bond donors (Lipinski definition) is 4. The monoisotopic (exact) mass is 455 g/mol. The first-order chi connectivity index (χ1) is 15.5. The number of anilines is 3. The summed E-state index contributed by atoms with van der Waals surface area (Å²) in [7, 11) is 0. The molecule has 1 aromatic heterocycles. The van der Waals surface area contributed by atoms with E-state index in [1.807, 2.05) is 37.4 Å². The highest BCUT2D eigenvalue weighted by Crippen LogP contribution is 2.26. The number of nitriles is 1. The Kier molecular flexibility index (Phi) is 8.41. The fraction of sp³-hybridized carbons (Fsp3) is 0.455. The van der Waals surface area contributed by atoms with Gasteiger partial charge in [0.15, 0.2) is 5.13 Å². The molecule has 170 valence electrons. The molecule has 0 bridgehead atoms. The Balaban J connectivity index is 1.59. The number of amides is 2. The Labute approximate surface area is 192 Å². The van der Waals surface area contributed by atoms with E-state index in [9.17, 15) is 9.59 Å². The molecule has 3 rings (SSSR count). The van der Waals surface area contributed by atoms with E-state index >= 15 is 0 Å². The molecule has 0 spiro atoms. The van der Waals surface area contributed by atoms with Gasteiger partial charge in [-0.3, -0.25) is 9.59 Å². The molecule has 1 atom stereocenters. The second kappa shape index (κ2) is 11.5. The van der Waals surface area contributed by atoms with E-state index in [-0.39, 0.29) is 24.3 Å². The third-order valence-corrected chi connectivity index (χ3v) is 5.75. The van der Waals surface area contributed by atoms with E-state index < -0.39 is 6.04 Å². The van der Waals surface area contributed by atoms with Gasteiger partial charge in [-0.2, -0.15) is 5.26 Å². The summed E-state index contributed by atoms with van der Waals surface area (Å²) in [6.45, 7) is 7.67. The minimum atomic E-state index is -0.688. The molecule has 0 saturated carbocycles. The zero-order chi connectivity index (χ0) is 22.9. The molecule has 32 heavy (non-hydrogen) atoms. The molecular weight excluding hydrogens is 426 g/mol. The zero-order valence-electron chi connectivity index (χ0n) is 18.4. The van der Waals surface area contributed by atoms with E-state index in [4.69, 9.17) is 5.26 Å². The number of rotatable bonds is 9. The molecule has 1 aliphatic rings. The van der Waals surface area contributed by atoms with Crippen LogP contribution in [0.4, 0.5) is 16.6 Å². The minimum absolute atomic E-state index is 0.0865. The van der Waals surface area contributed by atoms with Gasteiger partial charge in [0.2, 0.25) is 5.91 Å². The lowest BCUT2D eigenvalue weighted by atomic mass is 10.0. The van der Waals surface area contributed by atoms with Crippen molar-refractivity contribution in [3.05, 3.63) is 35.2 Å². The van der Waals surface area contributed by atoms with Crippen LogP contribution in [0.5, 0.6) is 0 Å². The third-order valence-electron chi connectivity index (χ3n) is 5.00. The van der Waals surface area contributed by atoms with Crippen molar-refractivity contribution in [2.24, 2.45) is 5.92 Å². The number of nitrogens with zero attached hydrogens (tertiary/aromatic N) is 3. The van der Waals surface area contributed by atoms with Gasteiger partial charge >= 0.3 is 0 Å². The van der Waals surface area contributed by atoms with Crippen LogP contribution in [0.15, 0.2) is 29.6 Å². The average molecular weight is 456 g/mol. The zero-order valence-corrected chi connectivity index (χ0v) is 19.2. The standard InChI is InChI=1S/C22H29N7O2S/c1-15(2)13-18(21(31)25-8-7-23)27-20(30)16-3-5-17(6-4-16)26-22-28-19(14-32-22)29-11-9-24-10-12-29/h3-6,14-15,18,24H,8-13H2,1-2H3,(H,25,31)(H,26,28)(H,27,30)/t18-/m0/s1. The van der Waals surface area contributed by atoms with Crippen LogP contribution in [0.2, 0.25) is 0 Å². The maximum atomic E-state index is 12.7. The highest BCUT2D eigenvalue weighted by Gasteiger charge is 2.22. The third kappa shape index (κ3) is 6.67. The predicted molar refractivity (Wildman–Crippen MR) is 126 cm³/mol. The van der Waals surface area contributed by atoms with E-state index in [1.165, 1.54) is 0 Å². The molecule has 1 saturated heterocycles. The summed E-state index contributed by atoms with van der Waals surface area (Å²) in [5.41, 5.74) is 1.28. The summed E-state index contributed by atoms with van der Waals surface area (Å²) in [5, 5.41) is 23.4. The summed E-state index contributed by atoms with van der Waals surface area (Å²) in [4.78, 5) is 31.9. The summed E-state index contributed by atoms with van der Waals surface area (Å²) in [6, 6.07) is 8.24. The van der Waals surface area contributed by atoms with Gasteiger partial charge in [-0.15, -0.1) is 11.3 Å². The van der Waals surface area contributed by atoms with Gasteiger partial charge in [0.1, 0.15) is 18.4 Å². The van der Waals surface area contributed by atoms with Gasteiger partial charge in [-0.25, -0.2) is 4.98 Å². The van der Waals surface area contributed by atoms with E-state index in [2.05, 4.69) is 31.2 Å². The Morgan fingerprint density at radius 1 is 1.25 bits per heavy atom. The average Bonchev–Trinajstić information content (AvgIpc) is 3.26. The van der Waals surface area contributed by atoms with Crippen LogP contribution in [-0.4, -0.2) is 55.6 Å². The molecule has 0 unspecified atom stereocenters. The number of nitrogens with one attached hydrogen (secondary N) is 4. The number of carbonyl (C=O) groups is 2. The summed E-state index contributed by atoms with van der Waals surface area (Å²) in [6.07, 6.45) is 0.488. The van der Waals surface area contributed by atoms with Crippen LogP contribution in [0, 0.1) is 17.2 Å². The maximum Gasteiger partial charge on any atom is 0.251 e. The normalized spacial score (nSPS) is 14.5. The summed E-state index contributed by atoms with van der Waals surface area (Å²) >= 11 is 1.54. The van der Waals surface area contributed by atoms with Crippen molar-refractivity contribution in [1.82, 2.24) is 20.9 Å². The highest BCUT2D eigenvalue weighted by molar-refractivity contribution is 7.14. The molecular formula is C22H29N7O2S. The molecule has 1 aromatic carbocycles. The lowest BCUT2D eigenvalue weighted by Crippen LogP contribution is -2.47. The highest BCUT2D eigenvalue weighted by atomic mass is 32.1. The van der Waals surface area contributed by atoms with Crippen LogP contribution >= 0.6 is 11.3 Å². The molecule has 2 amide bonds. The number of hydrogen-bond acceptors (Lipinski definition) is 8. The van der Waals surface area contributed by atoms with Crippen LogP contribution in [0.3, 0.4) is 0 Å². The minimum Gasteiger partial charge on any atom is -0.353 e.